The molecular formula is C17H29BN2O3. The third kappa shape index (κ3) is 2.14. The highest BCUT2D eigenvalue weighted by Gasteiger charge is 2.67. The number of likely N-dealkylation sites (tertiary alicyclic amines) is 1. The Hall–Kier alpha value is -0.585. The highest BCUT2D eigenvalue weighted by atomic mass is 16.7. The summed E-state index contributed by atoms with van der Waals surface area (Å²) in [6, 6.07) is -0.457. The quantitative estimate of drug-likeness (QED) is 0.785. The Balaban J connectivity index is 1.53. The molecule has 0 radical (unpaired) electrons. The fourth-order valence-corrected chi connectivity index (χ4v) is 5.52. The largest absolute Gasteiger partial charge is 0.481 e. The van der Waals surface area contributed by atoms with Gasteiger partial charge in [-0.05, 0) is 56.8 Å². The molecule has 5 unspecified atom stereocenters. The lowest BCUT2D eigenvalue weighted by molar-refractivity contribution is -0.185. The molecule has 2 bridgehead atoms. The lowest BCUT2D eigenvalue weighted by Crippen LogP contribution is -2.63. The van der Waals surface area contributed by atoms with Gasteiger partial charge in [-0.15, -0.1) is 0 Å². The topological polar surface area (TPSA) is 64.8 Å². The highest BCUT2D eigenvalue weighted by molar-refractivity contribution is 6.48. The van der Waals surface area contributed by atoms with Crippen molar-refractivity contribution in [1.82, 2.24) is 4.90 Å². The summed E-state index contributed by atoms with van der Waals surface area (Å²) < 4.78 is 12.9. The van der Waals surface area contributed by atoms with Gasteiger partial charge in [-0.3, -0.25) is 4.79 Å². The van der Waals surface area contributed by atoms with Crippen LogP contribution in [0.3, 0.4) is 0 Å². The Bertz CT molecular complexity index is 526. The van der Waals surface area contributed by atoms with Gasteiger partial charge < -0.3 is 19.9 Å². The van der Waals surface area contributed by atoms with Crippen LogP contribution in [0.5, 0.6) is 0 Å². The van der Waals surface area contributed by atoms with Crippen LogP contribution in [0.25, 0.3) is 0 Å². The average molecular weight is 320 g/mol. The third-order valence-corrected chi connectivity index (χ3v) is 7.12. The van der Waals surface area contributed by atoms with Gasteiger partial charge in [-0.2, -0.15) is 0 Å². The van der Waals surface area contributed by atoms with Crippen LogP contribution in [0.2, 0.25) is 0 Å². The van der Waals surface area contributed by atoms with E-state index >= 15 is 0 Å². The van der Waals surface area contributed by atoms with Crippen LogP contribution in [-0.4, -0.2) is 48.2 Å². The zero-order chi connectivity index (χ0) is 16.6. The van der Waals surface area contributed by atoms with Crippen LogP contribution < -0.4 is 5.73 Å². The Morgan fingerprint density at radius 1 is 1.39 bits per heavy atom. The molecule has 6 heteroatoms. The lowest BCUT2D eigenvalue weighted by atomic mass is 9.45. The molecule has 0 aromatic heterocycles. The molecule has 2 aliphatic heterocycles. The molecule has 0 aromatic carbocycles. The van der Waals surface area contributed by atoms with E-state index in [-0.39, 0.29) is 30.7 Å². The van der Waals surface area contributed by atoms with Crippen LogP contribution in [-0.2, 0) is 14.1 Å². The van der Waals surface area contributed by atoms with E-state index in [2.05, 4.69) is 20.8 Å². The van der Waals surface area contributed by atoms with Crippen molar-refractivity contribution >= 4 is 13.0 Å². The van der Waals surface area contributed by atoms with Gasteiger partial charge in [-0.1, -0.05) is 13.8 Å². The molecule has 2 N–H and O–H groups in total. The van der Waals surface area contributed by atoms with Gasteiger partial charge >= 0.3 is 7.12 Å². The summed E-state index contributed by atoms with van der Waals surface area (Å²) >= 11 is 0. The maximum atomic E-state index is 12.4. The first-order chi connectivity index (χ1) is 10.7. The molecular weight excluding hydrogens is 291 g/mol. The first-order valence-corrected chi connectivity index (χ1v) is 9.13. The highest BCUT2D eigenvalue weighted by Crippen LogP contribution is 2.64. The maximum absolute atomic E-state index is 12.4. The number of nitrogens with two attached hydrogens (primary N) is 1. The standard InChI is InChI=1S/C17H29BN2O3/c1-10(19)15(21)20-7-5-6-13(20)18-22-14-12-8-11(16(12,2)3)9-17(14,4)23-18/h10-14H,5-9,19H2,1-4H3/t10?,11?,12?,13?,14?,17-/m0/s1. The van der Waals surface area contributed by atoms with Gasteiger partial charge in [0.05, 0.1) is 23.7 Å². The molecule has 6 atom stereocenters. The SMILES string of the molecule is CC(N)C(=O)N1CCCC1B1OC2C3CC(C[C@]2(C)O1)C3(C)C. The number of carbonyl (C=O) groups excluding carboxylic acids is 1. The van der Waals surface area contributed by atoms with E-state index in [4.69, 9.17) is 15.0 Å². The lowest BCUT2D eigenvalue weighted by Gasteiger charge is -2.63. The van der Waals surface area contributed by atoms with Gasteiger partial charge in [0, 0.05) is 6.54 Å². The maximum Gasteiger partial charge on any atom is 0.481 e. The Morgan fingerprint density at radius 2 is 2.13 bits per heavy atom. The molecule has 3 saturated carbocycles. The summed E-state index contributed by atoms with van der Waals surface area (Å²) in [7, 11) is -0.287. The molecule has 5 rings (SSSR count). The van der Waals surface area contributed by atoms with E-state index in [0.29, 0.717) is 11.3 Å². The predicted molar refractivity (Wildman–Crippen MR) is 88.5 cm³/mol. The molecule has 2 saturated heterocycles. The molecule has 5 nitrogen and oxygen atoms in total. The molecule has 1 amide bonds. The Labute approximate surface area is 139 Å². The summed E-state index contributed by atoms with van der Waals surface area (Å²) in [5.41, 5.74) is 5.99. The minimum atomic E-state index is -0.457. The fourth-order valence-electron chi connectivity index (χ4n) is 5.52. The molecule has 23 heavy (non-hydrogen) atoms. The van der Waals surface area contributed by atoms with E-state index in [0.717, 1.165) is 31.7 Å². The monoisotopic (exact) mass is 320 g/mol. The van der Waals surface area contributed by atoms with Crippen molar-refractivity contribution in [2.45, 2.75) is 77.1 Å². The summed E-state index contributed by atoms with van der Waals surface area (Å²) in [6.07, 6.45) is 4.46. The van der Waals surface area contributed by atoms with E-state index < -0.39 is 6.04 Å². The van der Waals surface area contributed by atoms with Crippen LogP contribution in [0.4, 0.5) is 0 Å². The normalized spacial score (nSPS) is 45.6. The average Bonchev–Trinajstić information content (AvgIpc) is 3.08. The molecule has 5 fully saturated rings. The summed E-state index contributed by atoms with van der Waals surface area (Å²) in [6.45, 7) is 9.46. The predicted octanol–water partition coefficient (Wildman–Crippen LogP) is 1.59. The number of amides is 1. The number of hydrogen-bond acceptors (Lipinski definition) is 4. The first-order valence-electron chi connectivity index (χ1n) is 9.13. The van der Waals surface area contributed by atoms with Crippen molar-refractivity contribution in [3.8, 4) is 0 Å². The van der Waals surface area contributed by atoms with Crippen LogP contribution in [0.15, 0.2) is 0 Å². The van der Waals surface area contributed by atoms with Crippen LogP contribution in [0, 0.1) is 17.3 Å². The van der Waals surface area contributed by atoms with Crippen LogP contribution >= 0.6 is 0 Å². The van der Waals surface area contributed by atoms with E-state index in [1.54, 1.807) is 6.92 Å². The second kappa shape index (κ2) is 4.96. The fraction of sp³-hybridized carbons (Fsp3) is 0.941. The van der Waals surface area contributed by atoms with Crippen molar-refractivity contribution in [2.24, 2.45) is 23.0 Å². The number of nitrogens with zero attached hydrogens (tertiary/aromatic N) is 1. The van der Waals surface area contributed by atoms with Crippen LogP contribution in [0.1, 0.15) is 53.4 Å². The number of carbonyl (C=O) groups is 1. The minimum absolute atomic E-state index is 0.0179. The Kier molecular flexibility index (Phi) is 3.43. The van der Waals surface area contributed by atoms with Gasteiger partial charge in [0.25, 0.3) is 0 Å². The third-order valence-electron chi connectivity index (χ3n) is 7.12. The van der Waals surface area contributed by atoms with Crippen molar-refractivity contribution in [1.29, 1.82) is 0 Å². The first kappa shape index (κ1) is 15.9. The molecule has 3 aliphatic carbocycles. The molecule has 2 heterocycles. The van der Waals surface area contributed by atoms with Gasteiger partial charge in [-0.25, -0.2) is 0 Å². The summed E-state index contributed by atoms with van der Waals surface area (Å²) in [4.78, 5) is 14.3. The smallest absolute Gasteiger partial charge is 0.404 e. The van der Waals surface area contributed by atoms with Crippen molar-refractivity contribution in [2.75, 3.05) is 6.54 Å². The number of rotatable bonds is 2. The Morgan fingerprint density at radius 3 is 2.78 bits per heavy atom. The summed E-state index contributed by atoms with van der Waals surface area (Å²) in [5, 5.41) is 0. The van der Waals surface area contributed by atoms with Crippen molar-refractivity contribution < 1.29 is 14.1 Å². The van der Waals surface area contributed by atoms with E-state index in [1.807, 2.05) is 4.90 Å². The molecule has 5 aliphatic rings. The van der Waals surface area contributed by atoms with Crippen molar-refractivity contribution in [3.63, 3.8) is 0 Å². The van der Waals surface area contributed by atoms with Gasteiger partial charge in [0.1, 0.15) is 0 Å². The van der Waals surface area contributed by atoms with E-state index in [9.17, 15) is 4.79 Å². The van der Waals surface area contributed by atoms with Crippen molar-refractivity contribution in [3.05, 3.63) is 0 Å². The zero-order valence-electron chi connectivity index (χ0n) is 14.7. The summed E-state index contributed by atoms with van der Waals surface area (Å²) in [5.74, 6) is 1.36. The number of hydrogen-bond donors (Lipinski definition) is 1. The second-order valence-electron chi connectivity index (χ2n) is 8.95. The second-order valence-corrected chi connectivity index (χ2v) is 8.95. The van der Waals surface area contributed by atoms with Gasteiger partial charge in [0.15, 0.2) is 0 Å². The minimum Gasteiger partial charge on any atom is -0.404 e. The molecule has 0 spiro atoms. The zero-order valence-corrected chi connectivity index (χ0v) is 14.7. The molecule has 128 valence electrons. The van der Waals surface area contributed by atoms with E-state index in [1.165, 1.54) is 6.42 Å². The molecule has 0 aromatic rings. The van der Waals surface area contributed by atoms with Gasteiger partial charge in [0.2, 0.25) is 5.91 Å².